The molecule has 0 aliphatic carbocycles. The molecular formula is C13H10N4O. The molecule has 18 heavy (non-hydrogen) atoms. The van der Waals surface area contributed by atoms with Crippen molar-refractivity contribution in [3.05, 3.63) is 58.5 Å². The van der Waals surface area contributed by atoms with E-state index in [-0.39, 0.29) is 6.99 Å². The Bertz CT molecular complexity index is 814. The number of nitriles is 1. The topological polar surface area (TPSA) is 73.9 Å². The molecular weight excluding hydrogens is 228 g/mol. The number of rotatable bonds is 1. The normalized spacial score (nSPS) is 10.4. The van der Waals surface area contributed by atoms with E-state index in [1.54, 1.807) is 0 Å². The molecule has 0 spiro atoms. The van der Waals surface area contributed by atoms with E-state index in [1.165, 1.54) is 16.8 Å². The Kier molecular flexibility index (Phi) is 2.21. The van der Waals surface area contributed by atoms with Crippen LogP contribution in [0.3, 0.4) is 0 Å². The van der Waals surface area contributed by atoms with E-state index in [9.17, 15) is 4.79 Å². The van der Waals surface area contributed by atoms with Gasteiger partial charge in [-0.15, -0.1) is 0 Å². The molecule has 0 atom stereocenters. The van der Waals surface area contributed by atoms with E-state index >= 15 is 0 Å². The highest BCUT2D eigenvalue weighted by atomic mass is 16.1. The van der Waals surface area contributed by atoms with Crippen LogP contribution in [0.25, 0.3) is 16.9 Å². The lowest BCUT2D eigenvalue weighted by molar-refractivity contribution is 0.901. The van der Waals surface area contributed by atoms with Crippen LogP contribution in [0.5, 0.6) is 0 Å². The van der Waals surface area contributed by atoms with Gasteiger partial charge < -0.3 is 0 Å². The van der Waals surface area contributed by atoms with Gasteiger partial charge in [-0.25, -0.2) is 9.50 Å². The first-order valence-corrected chi connectivity index (χ1v) is 5.36. The van der Waals surface area contributed by atoms with Gasteiger partial charge in [-0.2, -0.15) is 5.26 Å². The smallest absolute Gasteiger partial charge is 0.273 e. The van der Waals surface area contributed by atoms with Crippen molar-refractivity contribution in [3.63, 3.8) is 0 Å². The first kappa shape index (κ1) is 10.3. The van der Waals surface area contributed by atoms with Gasteiger partial charge in [0.25, 0.3) is 5.56 Å². The number of fused-ring (bicyclic) bond motifs is 1. The number of nitrogens with zero attached hydrogens (tertiary/aromatic N) is 3. The lowest BCUT2D eigenvalue weighted by Gasteiger charge is -2.00. The van der Waals surface area contributed by atoms with Crippen LogP contribution in [-0.4, -0.2) is 14.6 Å². The maximum absolute atomic E-state index is 11.9. The van der Waals surface area contributed by atoms with Crippen molar-refractivity contribution in [3.8, 4) is 17.3 Å². The van der Waals surface area contributed by atoms with Gasteiger partial charge in [-0.05, 0) is 0 Å². The number of hydrogen-bond acceptors (Lipinski definition) is 3. The average Bonchev–Trinajstić information content (AvgIpc) is 2.83. The highest BCUT2D eigenvalue weighted by Crippen LogP contribution is 2.16. The summed E-state index contributed by atoms with van der Waals surface area (Å²) in [5.74, 6) is 0. The fourth-order valence-electron chi connectivity index (χ4n) is 1.82. The fraction of sp³-hybridized carbons (Fsp3) is 0. The van der Waals surface area contributed by atoms with Crippen molar-refractivity contribution in [2.45, 2.75) is 0 Å². The van der Waals surface area contributed by atoms with Gasteiger partial charge in [0.05, 0.1) is 5.69 Å². The van der Waals surface area contributed by atoms with Gasteiger partial charge in [0.15, 0.2) is 5.65 Å². The standard InChI is InChI=1S/C13H8N4O.H2/c14-7-10-8-15-17-12(18)6-11(16-13(10)17)9-4-2-1-3-5-9;/h1-6,8,15H;1H. The van der Waals surface area contributed by atoms with Crippen LogP contribution in [0.4, 0.5) is 0 Å². The van der Waals surface area contributed by atoms with Gasteiger partial charge in [0.1, 0.15) is 11.6 Å². The molecule has 0 aliphatic rings. The molecule has 0 fully saturated rings. The van der Waals surface area contributed by atoms with E-state index in [4.69, 9.17) is 5.26 Å². The van der Waals surface area contributed by atoms with Crippen molar-refractivity contribution in [2.75, 3.05) is 0 Å². The lowest BCUT2D eigenvalue weighted by Crippen LogP contribution is -2.14. The molecule has 5 heteroatoms. The summed E-state index contributed by atoms with van der Waals surface area (Å²) in [6, 6.07) is 12.8. The molecule has 0 saturated heterocycles. The summed E-state index contributed by atoms with van der Waals surface area (Å²) in [6.45, 7) is 0. The van der Waals surface area contributed by atoms with Gasteiger partial charge in [-0.1, -0.05) is 30.3 Å². The quantitative estimate of drug-likeness (QED) is 0.702. The fourth-order valence-corrected chi connectivity index (χ4v) is 1.82. The van der Waals surface area contributed by atoms with Crippen LogP contribution in [-0.2, 0) is 0 Å². The summed E-state index contributed by atoms with van der Waals surface area (Å²) >= 11 is 0. The summed E-state index contributed by atoms with van der Waals surface area (Å²) in [5.41, 5.74) is 1.88. The summed E-state index contributed by atoms with van der Waals surface area (Å²) in [4.78, 5) is 16.2. The molecule has 0 unspecified atom stereocenters. The molecule has 5 nitrogen and oxygen atoms in total. The molecule has 88 valence electrons. The Morgan fingerprint density at radius 2 is 2.11 bits per heavy atom. The highest BCUT2D eigenvalue weighted by Gasteiger charge is 2.09. The van der Waals surface area contributed by atoms with Crippen LogP contribution in [0.15, 0.2) is 47.4 Å². The second-order valence-corrected chi connectivity index (χ2v) is 3.80. The summed E-state index contributed by atoms with van der Waals surface area (Å²) in [7, 11) is 0. The van der Waals surface area contributed by atoms with Crippen LogP contribution < -0.4 is 5.56 Å². The van der Waals surface area contributed by atoms with Crippen molar-refractivity contribution in [1.82, 2.24) is 14.6 Å². The summed E-state index contributed by atoms with van der Waals surface area (Å²) in [5, 5.41) is 11.7. The maximum Gasteiger partial charge on any atom is 0.273 e. The SMILES string of the molecule is N#Cc1c[nH]n2c(=O)cc(-c3ccccc3)nc12.[HH]. The molecule has 1 aromatic carbocycles. The molecule has 0 aliphatic heterocycles. The number of nitrogens with one attached hydrogen (secondary N) is 1. The minimum Gasteiger partial charge on any atom is -0.295 e. The third-order valence-corrected chi connectivity index (χ3v) is 2.69. The first-order valence-electron chi connectivity index (χ1n) is 5.36. The highest BCUT2D eigenvalue weighted by molar-refractivity contribution is 5.64. The number of aromatic nitrogens is 3. The molecule has 0 saturated carbocycles. The largest absolute Gasteiger partial charge is 0.295 e. The zero-order valence-electron chi connectivity index (χ0n) is 9.29. The molecule has 3 rings (SSSR count). The number of benzene rings is 1. The van der Waals surface area contributed by atoms with E-state index < -0.39 is 0 Å². The van der Waals surface area contributed by atoms with Gasteiger partial charge >= 0.3 is 0 Å². The Balaban J connectivity index is 0.00000133. The minimum atomic E-state index is -0.236. The first-order chi connectivity index (χ1) is 8.79. The second kappa shape index (κ2) is 3.86. The zero-order valence-corrected chi connectivity index (χ0v) is 9.29. The number of hydrogen-bond donors (Lipinski definition) is 1. The van der Waals surface area contributed by atoms with E-state index in [0.717, 1.165) is 5.56 Å². The van der Waals surface area contributed by atoms with E-state index in [1.807, 2.05) is 36.4 Å². The van der Waals surface area contributed by atoms with Crippen molar-refractivity contribution in [2.24, 2.45) is 0 Å². The third kappa shape index (κ3) is 1.48. The molecule has 2 aromatic heterocycles. The van der Waals surface area contributed by atoms with Crippen molar-refractivity contribution < 1.29 is 1.43 Å². The third-order valence-electron chi connectivity index (χ3n) is 2.69. The van der Waals surface area contributed by atoms with Gasteiger partial charge in [0, 0.05) is 19.3 Å². The summed E-state index contributed by atoms with van der Waals surface area (Å²) in [6.07, 6.45) is 1.47. The lowest BCUT2D eigenvalue weighted by atomic mass is 10.1. The number of H-pyrrole nitrogens is 1. The van der Waals surface area contributed by atoms with Gasteiger partial charge in [0.2, 0.25) is 0 Å². The van der Waals surface area contributed by atoms with Crippen LogP contribution in [0.1, 0.15) is 6.99 Å². The minimum absolute atomic E-state index is 0. The van der Waals surface area contributed by atoms with Crippen LogP contribution in [0.2, 0.25) is 0 Å². The average molecular weight is 238 g/mol. The van der Waals surface area contributed by atoms with E-state index in [2.05, 4.69) is 10.1 Å². The van der Waals surface area contributed by atoms with Gasteiger partial charge in [-0.3, -0.25) is 9.89 Å². The maximum atomic E-state index is 11.9. The molecule has 0 radical (unpaired) electrons. The van der Waals surface area contributed by atoms with Crippen LogP contribution >= 0.6 is 0 Å². The number of aromatic amines is 1. The molecule has 0 amide bonds. The zero-order chi connectivity index (χ0) is 12.5. The Labute approximate surface area is 103 Å². The van der Waals surface area contributed by atoms with Crippen molar-refractivity contribution >= 4 is 5.65 Å². The summed E-state index contributed by atoms with van der Waals surface area (Å²) < 4.78 is 1.25. The molecule has 3 aromatic rings. The van der Waals surface area contributed by atoms with Crippen molar-refractivity contribution in [1.29, 1.82) is 5.26 Å². The van der Waals surface area contributed by atoms with Crippen LogP contribution in [0, 0.1) is 11.3 Å². The van der Waals surface area contributed by atoms with E-state index in [0.29, 0.717) is 16.9 Å². The Morgan fingerprint density at radius 1 is 1.33 bits per heavy atom. The monoisotopic (exact) mass is 238 g/mol. The predicted octanol–water partition coefficient (Wildman–Crippen LogP) is 1.81. The Hall–Kier alpha value is -2.87. The molecule has 2 heterocycles. The molecule has 1 N–H and O–H groups in total. The predicted molar refractivity (Wildman–Crippen MR) is 68.1 cm³/mol. The second-order valence-electron chi connectivity index (χ2n) is 3.80. The molecule has 0 bridgehead atoms. The Morgan fingerprint density at radius 3 is 2.83 bits per heavy atom.